The van der Waals surface area contributed by atoms with E-state index in [0.717, 1.165) is 11.3 Å². The summed E-state index contributed by atoms with van der Waals surface area (Å²) >= 11 is 0. The Hall–Kier alpha value is -2.58. The Morgan fingerprint density at radius 1 is 1.08 bits per heavy atom. The SMILES string of the molecule is CCOc1ccc(OCC(=O)Nc2cc(S(N)(=O)=O)cc(C)c2C)cc1. The zero-order valence-corrected chi connectivity index (χ0v) is 15.7. The molecule has 3 N–H and O–H groups in total. The molecule has 0 unspecified atom stereocenters. The first-order chi connectivity index (χ1) is 12.2. The van der Waals surface area contributed by atoms with Gasteiger partial charge in [-0.25, -0.2) is 13.6 Å². The fourth-order valence-corrected chi connectivity index (χ4v) is 2.88. The van der Waals surface area contributed by atoms with Gasteiger partial charge in [0.25, 0.3) is 5.91 Å². The van der Waals surface area contributed by atoms with Gasteiger partial charge in [-0.2, -0.15) is 0 Å². The smallest absolute Gasteiger partial charge is 0.262 e. The summed E-state index contributed by atoms with van der Waals surface area (Å²) in [4.78, 5) is 12.1. The van der Waals surface area contributed by atoms with E-state index in [9.17, 15) is 13.2 Å². The lowest BCUT2D eigenvalue weighted by Crippen LogP contribution is -2.21. The Balaban J connectivity index is 2.04. The van der Waals surface area contributed by atoms with E-state index in [1.165, 1.54) is 12.1 Å². The maximum atomic E-state index is 12.1. The number of rotatable bonds is 7. The zero-order chi connectivity index (χ0) is 19.3. The van der Waals surface area contributed by atoms with Gasteiger partial charge >= 0.3 is 0 Å². The molecule has 1 amide bonds. The van der Waals surface area contributed by atoms with E-state index < -0.39 is 15.9 Å². The van der Waals surface area contributed by atoms with Crippen molar-refractivity contribution >= 4 is 21.6 Å². The van der Waals surface area contributed by atoms with E-state index in [1.807, 2.05) is 6.92 Å². The number of nitrogens with two attached hydrogens (primary N) is 1. The van der Waals surface area contributed by atoms with Crippen LogP contribution >= 0.6 is 0 Å². The van der Waals surface area contributed by atoms with Crippen LogP contribution in [0.3, 0.4) is 0 Å². The fraction of sp³-hybridized carbons (Fsp3) is 0.278. The second kappa shape index (κ2) is 8.20. The minimum atomic E-state index is -3.86. The predicted octanol–water partition coefficient (Wildman–Crippen LogP) is 2.37. The number of aryl methyl sites for hydroxylation is 1. The van der Waals surface area contributed by atoms with Crippen LogP contribution in [0.2, 0.25) is 0 Å². The first-order valence-corrected chi connectivity index (χ1v) is 9.55. The van der Waals surface area contributed by atoms with Crippen LogP contribution in [0.15, 0.2) is 41.3 Å². The van der Waals surface area contributed by atoms with E-state index in [1.54, 1.807) is 38.1 Å². The monoisotopic (exact) mass is 378 g/mol. The van der Waals surface area contributed by atoms with Crippen molar-refractivity contribution in [1.82, 2.24) is 0 Å². The number of benzene rings is 2. The average molecular weight is 378 g/mol. The molecule has 0 fully saturated rings. The predicted molar refractivity (Wildman–Crippen MR) is 99.0 cm³/mol. The number of hydrogen-bond acceptors (Lipinski definition) is 5. The van der Waals surface area contributed by atoms with Gasteiger partial charge in [0.2, 0.25) is 10.0 Å². The first-order valence-electron chi connectivity index (χ1n) is 8.00. The largest absolute Gasteiger partial charge is 0.494 e. The molecule has 0 saturated carbocycles. The molecule has 7 nitrogen and oxygen atoms in total. The van der Waals surface area contributed by atoms with Gasteiger partial charge in [-0.3, -0.25) is 4.79 Å². The molecule has 2 aromatic carbocycles. The quantitative estimate of drug-likeness (QED) is 0.769. The fourth-order valence-electron chi connectivity index (χ4n) is 2.25. The second-order valence-electron chi connectivity index (χ2n) is 5.70. The molecule has 0 aliphatic heterocycles. The van der Waals surface area contributed by atoms with Crippen LogP contribution in [-0.4, -0.2) is 27.5 Å². The molecule has 0 bridgehead atoms. The molecule has 0 heterocycles. The summed E-state index contributed by atoms with van der Waals surface area (Å²) in [7, 11) is -3.86. The van der Waals surface area contributed by atoms with Crippen LogP contribution in [-0.2, 0) is 14.8 Å². The number of anilines is 1. The van der Waals surface area contributed by atoms with Crippen molar-refractivity contribution in [3.63, 3.8) is 0 Å². The lowest BCUT2D eigenvalue weighted by molar-refractivity contribution is -0.118. The minimum Gasteiger partial charge on any atom is -0.494 e. The third-order valence-corrected chi connectivity index (χ3v) is 4.64. The van der Waals surface area contributed by atoms with Gasteiger partial charge in [-0.1, -0.05) is 0 Å². The number of amides is 1. The molecule has 2 rings (SSSR count). The average Bonchev–Trinajstić information content (AvgIpc) is 2.57. The van der Waals surface area contributed by atoms with Crippen molar-refractivity contribution < 1.29 is 22.7 Å². The van der Waals surface area contributed by atoms with E-state index in [-0.39, 0.29) is 11.5 Å². The minimum absolute atomic E-state index is 0.0525. The van der Waals surface area contributed by atoms with Crippen LogP contribution < -0.4 is 19.9 Å². The summed E-state index contributed by atoms with van der Waals surface area (Å²) in [6.45, 7) is 5.77. The molecule has 140 valence electrons. The highest BCUT2D eigenvalue weighted by molar-refractivity contribution is 7.89. The molecular weight excluding hydrogens is 356 g/mol. The van der Waals surface area contributed by atoms with E-state index in [0.29, 0.717) is 23.6 Å². The second-order valence-corrected chi connectivity index (χ2v) is 7.26. The van der Waals surface area contributed by atoms with Gasteiger partial charge in [0.1, 0.15) is 11.5 Å². The Morgan fingerprint density at radius 3 is 2.19 bits per heavy atom. The van der Waals surface area contributed by atoms with Crippen LogP contribution in [0.4, 0.5) is 5.69 Å². The van der Waals surface area contributed by atoms with Crippen molar-refractivity contribution in [1.29, 1.82) is 0 Å². The normalized spacial score (nSPS) is 11.1. The standard InChI is InChI=1S/C18H22N2O5S/c1-4-24-14-5-7-15(8-6-14)25-11-18(21)20-17-10-16(26(19,22)23)9-12(2)13(17)3/h5-10H,4,11H2,1-3H3,(H,20,21)(H2,19,22,23). The molecule has 0 radical (unpaired) electrons. The molecule has 0 aromatic heterocycles. The lowest BCUT2D eigenvalue weighted by Gasteiger charge is -2.13. The number of carbonyl (C=O) groups excluding carboxylic acids is 1. The van der Waals surface area contributed by atoms with E-state index in [4.69, 9.17) is 14.6 Å². The molecular formula is C18H22N2O5S. The number of nitrogens with one attached hydrogen (secondary N) is 1. The summed E-state index contributed by atoms with van der Waals surface area (Å²) in [5.41, 5.74) is 1.85. The summed E-state index contributed by atoms with van der Waals surface area (Å²) in [5, 5.41) is 7.83. The molecule has 0 saturated heterocycles. The molecule has 0 atom stereocenters. The van der Waals surface area contributed by atoms with Crippen LogP contribution in [0, 0.1) is 13.8 Å². The van der Waals surface area contributed by atoms with Crippen molar-refractivity contribution in [3.05, 3.63) is 47.5 Å². The van der Waals surface area contributed by atoms with E-state index in [2.05, 4.69) is 5.32 Å². The maximum Gasteiger partial charge on any atom is 0.262 e. The van der Waals surface area contributed by atoms with E-state index >= 15 is 0 Å². The summed E-state index contributed by atoms with van der Waals surface area (Å²) < 4.78 is 33.9. The molecule has 0 aliphatic rings. The molecule has 0 spiro atoms. The Labute approximate surface area is 153 Å². The van der Waals surface area contributed by atoms with Crippen molar-refractivity contribution in [2.75, 3.05) is 18.5 Å². The van der Waals surface area contributed by atoms with Crippen molar-refractivity contribution in [3.8, 4) is 11.5 Å². The van der Waals surface area contributed by atoms with Gasteiger partial charge in [0.15, 0.2) is 6.61 Å². The molecule has 2 aromatic rings. The van der Waals surface area contributed by atoms with Crippen LogP contribution in [0.25, 0.3) is 0 Å². The van der Waals surface area contributed by atoms with Gasteiger partial charge < -0.3 is 14.8 Å². The number of sulfonamides is 1. The summed E-state index contributed by atoms with van der Waals surface area (Å²) in [6, 6.07) is 9.72. The Morgan fingerprint density at radius 2 is 1.65 bits per heavy atom. The van der Waals surface area contributed by atoms with Crippen molar-refractivity contribution in [2.45, 2.75) is 25.7 Å². The summed E-state index contributed by atoms with van der Waals surface area (Å²) in [6.07, 6.45) is 0. The Kier molecular flexibility index (Phi) is 6.23. The highest BCUT2D eigenvalue weighted by Crippen LogP contribution is 2.23. The number of ether oxygens (including phenoxy) is 2. The highest BCUT2D eigenvalue weighted by atomic mass is 32.2. The van der Waals surface area contributed by atoms with Crippen LogP contribution in [0.1, 0.15) is 18.1 Å². The lowest BCUT2D eigenvalue weighted by atomic mass is 10.1. The molecule has 8 heteroatoms. The maximum absolute atomic E-state index is 12.1. The third-order valence-electron chi connectivity index (χ3n) is 3.75. The number of hydrogen-bond donors (Lipinski definition) is 2. The third kappa shape index (κ3) is 5.21. The molecule has 26 heavy (non-hydrogen) atoms. The topological polar surface area (TPSA) is 108 Å². The van der Waals surface area contributed by atoms with Crippen LogP contribution in [0.5, 0.6) is 11.5 Å². The first kappa shape index (κ1) is 19.7. The van der Waals surface area contributed by atoms with Crippen molar-refractivity contribution in [2.24, 2.45) is 5.14 Å². The Bertz CT molecular complexity index is 893. The van der Waals surface area contributed by atoms with Gasteiger partial charge in [-0.15, -0.1) is 0 Å². The highest BCUT2D eigenvalue weighted by Gasteiger charge is 2.14. The summed E-state index contributed by atoms with van der Waals surface area (Å²) in [5.74, 6) is 0.831. The van der Waals surface area contributed by atoms with Gasteiger partial charge in [0, 0.05) is 5.69 Å². The zero-order valence-electron chi connectivity index (χ0n) is 14.9. The van der Waals surface area contributed by atoms with Gasteiger partial charge in [0.05, 0.1) is 11.5 Å². The number of primary sulfonamides is 1. The molecule has 0 aliphatic carbocycles. The van der Waals surface area contributed by atoms with Gasteiger partial charge in [-0.05, 0) is 68.3 Å². The number of carbonyl (C=O) groups is 1.